The molecular weight excluding hydrogens is 380 g/mol. The molecule has 8 heteroatoms. The molecule has 0 bridgehead atoms. The van der Waals surface area contributed by atoms with Crippen molar-refractivity contribution in [3.8, 4) is 0 Å². The van der Waals surface area contributed by atoms with Crippen molar-refractivity contribution in [1.29, 1.82) is 0 Å². The van der Waals surface area contributed by atoms with Gasteiger partial charge in [0.05, 0.1) is 11.0 Å². The van der Waals surface area contributed by atoms with E-state index >= 15 is 0 Å². The molecule has 2 amide bonds. The van der Waals surface area contributed by atoms with E-state index in [9.17, 15) is 9.59 Å². The summed E-state index contributed by atoms with van der Waals surface area (Å²) < 4.78 is 1.58. The average molecular weight is 402 g/mol. The highest BCUT2D eigenvalue weighted by molar-refractivity contribution is 5.95. The summed E-state index contributed by atoms with van der Waals surface area (Å²) in [4.78, 5) is 32.5. The second-order valence-electron chi connectivity index (χ2n) is 6.98. The van der Waals surface area contributed by atoms with Crippen LogP contribution in [0.3, 0.4) is 0 Å². The molecule has 1 atom stereocenters. The normalized spacial score (nSPS) is 11.9. The van der Waals surface area contributed by atoms with Crippen LogP contribution in [0.1, 0.15) is 25.2 Å². The number of nitrogens with one attached hydrogen (secondary N) is 3. The lowest BCUT2D eigenvalue weighted by molar-refractivity contribution is -0.119. The smallest absolute Gasteiger partial charge is 0.248 e. The molecule has 3 N–H and O–H groups in total. The van der Waals surface area contributed by atoms with Crippen LogP contribution in [0.15, 0.2) is 67.0 Å². The third-order valence-electron chi connectivity index (χ3n) is 4.74. The van der Waals surface area contributed by atoms with Crippen LogP contribution < -0.4 is 10.6 Å². The quantitative estimate of drug-likeness (QED) is 0.440. The lowest BCUT2D eigenvalue weighted by atomic mass is 10.2. The van der Waals surface area contributed by atoms with Gasteiger partial charge in [0.1, 0.15) is 11.9 Å². The van der Waals surface area contributed by atoms with Gasteiger partial charge in [0.25, 0.3) is 0 Å². The van der Waals surface area contributed by atoms with Crippen LogP contribution in [0, 0.1) is 0 Å². The van der Waals surface area contributed by atoms with Gasteiger partial charge in [-0.3, -0.25) is 14.3 Å². The zero-order valence-corrected chi connectivity index (χ0v) is 16.5. The van der Waals surface area contributed by atoms with E-state index in [0.29, 0.717) is 24.2 Å². The summed E-state index contributed by atoms with van der Waals surface area (Å²) in [5.41, 5.74) is 3.07. The van der Waals surface area contributed by atoms with Crippen LogP contribution >= 0.6 is 0 Å². The lowest BCUT2D eigenvalue weighted by Gasteiger charge is -2.13. The Morgan fingerprint density at radius 1 is 1.07 bits per heavy atom. The van der Waals surface area contributed by atoms with Crippen LogP contribution in [-0.4, -0.2) is 31.6 Å². The molecule has 0 saturated carbocycles. The maximum Gasteiger partial charge on any atom is 0.248 e. The van der Waals surface area contributed by atoms with Gasteiger partial charge in [-0.1, -0.05) is 18.2 Å². The van der Waals surface area contributed by atoms with Gasteiger partial charge in [-0.2, -0.15) is 5.10 Å². The Labute approximate surface area is 173 Å². The Bertz CT molecular complexity index is 1130. The molecule has 2 aromatic heterocycles. The highest BCUT2D eigenvalue weighted by Gasteiger charge is 2.15. The van der Waals surface area contributed by atoms with E-state index in [1.807, 2.05) is 24.3 Å². The van der Waals surface area contributed by atoms with Gasteiger partial charge >= 0.3 is 0 Å². The fraction of sp³-hybridized carbons (Fsp3) is 0.182. The number of hydrogen-bond donors (Lipinski definition) is 3. The molecule has 0 spiro atoms. The summed E-state index contributed by atoms with van der Waals surface area (Å²) in [5.74, 6) is 0.468. The molecule has 30 heavy (non-hydrogen) atoms. The number of imidazole rings is 1. The van der Waals surface area contributed by atoms with E-state index in [2.05, 4.69) is 25.7 Å². The van der Waals surface area contributed by atoms with Gasteiger partial charge in [-0.25, -0.2) is 4.98 Å². The monoisotopic (exact) mass is 402 g/mol. The summed E-state index contributed by atoms with van der Waals surface area (Å²) in [5, 5.41) is 9.80. The summed E-state index contributed by atoms with van der Waals surface area (Å²) >= 11 is 0. The van der Waals surface area contributed by atoms with Crippen molar-refractivity contribution in [3.63, 3.8) is 0 Å². The number of carbonyl (C=O) groups is 2. The van der Waals surface area contributed by atoms with Gasteiger partial charge in [0.2, 0.25) is 11.8 Å². The fourth-order valence-electron chi connectivity index (χ4n) is 3.13. The summed E-state index contributed by atoms with van der Waals surface area (Å²) in [6, 6.07) is 16.2. The van der Waals surface area contributed by atoms with Crippen molar-refractivity contribution in [2.45, 2.75) is 25.8 Å². The predicted octanol–water partition coefficient (Wildman–Crippen LogP) is 3.53. The molecular formula is C22H22N6O2. The molecule has 0 aliphatic rings. The topological polar surface area (TPSA) is 105 Å². The van der Waals surface area contributed by atoms with Crippen LogP contribution in [0.5, 0.6) is 0 Å². The third-order valence-corrected chi connectivity index (χ3v) is 4.74. The second kappa shape index (κ2) is 8.60. The minimum absolute atomic E-state index is 0.121. The molecule has 152 valence electrons. The number of anilines is 2. The molecule has 2 heterocycles. The Kier molecular flexibility index (Phi) is 5.56. The molecule has 4 rings (SSSR count). The van der Waals surface area contributed by atoms with E-state index in [1.54, 1.807) is 54.3 Å². The largest absolute Gasteiger partial charge is 0.342 e. The molecule has 4 aromatic rings. The predicted molar refractivity (Wildman–Crippen MR) is 115 cm³/mol. The number of H-pyrrole nitrogens is 1. The van der Waals surface area contributed by atoms with Crippen molar-refractivity contribution in [2.75, 3.05) is 10.6 Å². The van der Waals surface area contributed by atoms with Crippen LogP contribution in [0.2, 0.25) is 0 Å². The van der Waals surface area contributed by atoms with E-state index in [1.165, 1.54) is 0 Å². The Balaban J connectivity index is 1.33. The first-order valence-electron chi connectivity index (χ1n) is 9.72. The molecule has 0 saturated heterocycles. The molecule has 1 unspecified atom stereocenters. The average Bonchev–Trinajstić information content (AvgIpc) is 3.41. The molecule has 0 radical (unpaired) electrons. The van der Waals surface area contributed by atoms with Gasteiger partial charge in [0, 0.05) is 36.6 Å². The number of aryl methyl sites for hydroxylation is 1. The second-order valence-corrected chi connectivity index (χ2v) is 6.98. The first-order chi connectivity index (χ1) is 14.6. The van der Waals surface area contributed by atoms with Crippen LogP contribution in [0.4, 0.5) is 11.4 Å². The van der Waals surface area contributed by atoms with Crippen molar-refractivity contribution in [2.24, 2.45) is 0 Å². The number of hydrogen-bond acceptors (Lipinski definition) is 4. The van der Waals surface area contributed by atoms with Gasteiger partial charge in [-0.05, 0) is 43.3 Å². The maximum atomic E-state index is 12.4. The standard InChI is InChI=1S/C22H22N6O2/c1-15(28-13-5-12-23-28)22(30)25-17-7-4-6-16(14-17)24-21(29)11-10-20-26-18-8-2-3-9-19(18)27-20/h2-9,12-15H,10-11H2,1H3,(H,24,29)(H,25,30)(H,26,27). The van der Waals surface area contributed by atoms with Crippen molar-refractivity contribution >= 4 is 34.2 Å². The first kappa shape index (κ1) is 19.4. The van der Waals surface area contributed by atoms with Crippen molar-refractivity contribution in [1.82, 2.24) is 19.7 Å². The van der Waals surface area contributed by atoms with E-state index in [4.69, 9.17) is 0 Å². The number of aromatic amines is 1. The zero-order chi connectivity index (χ0) is 20.9. The maximum absolute atomic E-state index is 12.4. The molecule has 2 aromatic carbocycles. The summed E-state index contributed by atoms with van der Waals surface area (Å²) in [6.45, 7) is 1.77. The van der Waals surface area contributed by atoms with Gasteiger partial charge in [-0.15, -0.1) is 0 Å². The zero-order valence-electron chi connectivity index (χ0n) is 16.5. The number of aromatic nitrogens is 4. The SMILES string of the molecule is CC(C(=O)Nc1cccc(NC(=O)CCc2nc3ccccc3[nH]2)c1)n1cccn1. The van der Waals surface area contributed by atoms with E-state index in [-0.39, 0.29) is 11.8 Å². The first-order valence-corrected chi connectivity index (χ1v) is 9.72. The number of rotatable bonds is 7. The highest BCUT2D eigenvalue weighted by Crippen LogP contribution is 2.18. The third kappa shape index (κ3) is 4.54. The molecule has 0 fully saturated rings. The minimum Gasteiger partial charge on any atom is -0.342 e. The molecule has 0 aliphatic heterocycles. The highest BCUT2D eigenvalue weighted by atomic mass is 16.2. The van der Waals surface area contributed by atoms with Gasteiger partial charge in [0.15, 0.2) is 0 Å². The number of amides is 2. The van der Waals surface area contributed by atoms with Crippen LogP contribution in [-0.2, 0) is 16.0 Å². The molecule has 0 aliphatic carbocycles. The Morgan fingerprint density at radius 2 is 1.87 bits per heavy atom. The number of para-hydroxylation sites is 2. The Hall–Kier alpha value is -3.94. The summed E-state index contributed by atoms with van der Waals surface area (Å²) in [6.07, 6.45) is 4.18. The number of fused-ring (bicyclic) bond motifs is 1. The summed E-state index contributed by atoms with van der Waals surface area (Å²) in [7, 11) is 0. The number of benzene rings is 2. The lowest BCUT2D eigenvalue weighted by Crippen LogP contribution is -2.24. The number of nitrogens with zero attached hydrogens (tertiary/aromatic N) is 3. The number of carbonyl (C=O) groups excluding carboxylic acids is 2. The van der Waals surface area contributed by atoms with Gasteiger partial charge < -0.3 is 15.6 Å². The van der Waals surface area contributed by atoms with Crippen molar-refractivity contribution in [3.05, 3.63) is 72.8 Å². The van der Waals surface area contributed by atoms with Crippen molar-refractivity contribution < 1.29 is 9.59 Å². The van der Waals surface area contributed by atoms with Crippen LogP contribution in [0.25, 0.3) is 11.0 Å². The fourth-order valence-corrected chi connectivity index (χ4v) is 3.13. The van der Waals surface area contributed by atoms with E-state index < -0.39 is 6.04 Å². The van der Waals surface area contributed by atoms with E-state index in [0.717, 1.165) is 16.9 Å². The Morgan fingerprint density at radius 3 is 2.63 bits per heavy atom. The molecule has 8 nitrogen and oxygen atoms in total. The minimum atomic E-state index is -0.443.